The number of hydrogen-bond acceptors (Lipinski definition) is 5. The number of hydrazone groups is 1. The van der Waals surface area contributed by atoms with Crippen molar-refractivity contribution in [1.29, 1.82) is 5.26 Å². The number of amides is 1. The Morgan fingerprint density at radius 3 is 2.37 bits per heavy atom. The van der Waals surface area contributed by atoms with Gasteiger partial charge in [-0.1, -0.05) is 0 Å². The summed E-state index contributed by atoms with van der Waals surface area (Å²) in [5.74, 6) is -0.517. The zero-order chi connectivity index (χ0) is 14.8. The third-order valence-electron chi connectivity index (χ3n) is 2.15. The maximum absolute atomic E-state index is 10.5. The lowest BCUT2D eigenvalue weighted by Gasteiger charge is -2.13. The molecule has 0 radical (unpaired) electrons. The highest BCUT2D eigenvalue weighted by molar-refractivity contribution is 5.85. The second-order valence-corrected chi connectivity index (χ2v) is 3.37. The lowest BCUT2D eigenvalue weighted by molar-refractivity contribution is 0.158. The van der Waals surface area contributed by atoms with E-state index in [1.165, 1.54) is 13.4 Å². The van der Waals surface area contributed by atoms with Gasteiger partial charge in [0.15, 0.2) is 0 Å². The Kier molecular flexibility index (Phi) is 7.37. The monoisotopic (exact) mass is 267 g/mol. The van der Waals surface area contributed by atoms with E-state index in [0.29, 0.717) is 18.1 Å². The van der Waals surface area contributed by atoms with E-state index in [2.05, 4.69) is 10.1 Å². The van der Waals surface area contributed by atoms with E-state index in [0.717, 1.165) is 6.21 Å². The smallest absolute Gasteiger partial charge is 0.427 e. The first-order valence-corrected chi connectivity index (χ1v) is 5.58. The van der Waals surface area contributed by atoms with Gasteiger partial charge < -0.3 is 15.1 Å². The largest absolute Gasteiger partial charge is 0.492 e. The molecule has 19 heavy (non-hydrogen) atoms. The molecule has 1 amide bonds. The molecule has 0 aliphatic heterocycles. The molecule has 0 bridgehead atoms. The summed E-state index contributed by atoms with van der Waals surface area (Å²) in [7, 11) is 1.20. The number of nitriles is 1. The van der Waals surface area contributed by atoms with Crippen LogP contribution in [0.1, 0.15) is 13.8 Å². The number of carboxylic acid groups (broad SMARTS) is 1. The van der Waals surface area contributed by atoms with Crippen LogP contribution >= 0.6 is 0 Å². The zero-order valence-corrected chi connectivity index (χ0v) is 11.1. The third kappa shape index (κ3) is 6.07. The first-order chi connectivity index (χ1) is 8.96. The number of hydrogen-bond donors (Lipinski definition) is 2. The molecule has 0 spiro atoms. The molecular weight excluding hydrogens is 250 g/mol. The fourth-order valence-electron chi connectivity index (χ4n) is 0.923. The minimum Gasteiger partial charge on any atom is -0.492 e. The number of aliphatic hydroxyl groups is 1. The minimum absolute atomic E-state index is 0.225. The predicted octanol–water partition coefficient (Wildman–Crippen LogP) is 1.25. The highest BCUT2D eigenvalue weighted by Crippen LogP contribution is 2.00. The Morgan fingerprint density at radius 1 is 1.37 bits per heavy atom. The second kappa shape index (κ2) is 8.52. The van der Waals surface area contributed by atoms with Crippen molar-refractivity contribution in [3.05, 3.63) is 11.5 Å². The van der Waals surface area contributed by atoms with Gasteiger partial charge in [-0.2, -0.15) is 10.4 Å². The van der Waals surface area contributed by atoms with Crippen LogP contribution in [-0.4, -0.2) is 58.9 Å². The summed E-state index contributed by atoms with van der Waals surface area (Å²) in [6.45, 7) is 5.27. The average Bonchev–Trinajstić information content (AvgIpc) is 2.40. The fraction of sp³-hybridized carbons (Fsp3) is 0.455. The normalized spacial score (nSPS) is 12.3. The summed E-state index contributed by atoms with van der Waals surface area (Å²) in [6, 6.07) is 1.68. The highest BCUT2D eigenvalue weighted by Gasteiger charge is 2.04. The average molecular weight is 267 g/mol. The van der Waals surface area contributed by atoms with Crippen LogP contribution in [0.15, 0.2) is 21.6 Å². The standard InChI is InChI=1S/C11H17N5O3/c1-4-16(5-2)8-13-10(17)9(6-12)7-14-15(3)11(18)19/h7-8,17H,4-5H2,1-3H3,(H,18,19). The highest BCUT2D eigenvalue weighted by atomic mass is 16.4. The van der Waals surface area contributed by atoms with Gasteiger partial charge in [0.05, 0.1) is 12.6 Å². The summed E-state index contributed by atoms with van der Waals surface area (Å²) >= 11 is 0. The summed E-state index contributed by atoms with van der Waals surface area (Å²) in [5.41, 5.74) is -0.225. The van der Waals surface area contributed by atoms with Gasteiger partial charge in [0.2, 0.25) is 5.88 Å². The molecule has 0 aromatic heterocycles. The zero-order valence-electron chi connectivity index (χ0n) is 11.1. The molecule has 0 unspecified atom stereocenters. The van der Waals surface area contributed by atoms with Crippen LogP contribution in [0.3, 0.4) is 0 Å². The van der Waals surface area contributed by atoms with Crippen LogP contribution < -0.4 is 0 Å². The van der Waals surface area contributed by atoms with E-state index in [4.69, 9.17) is 10.4 Å². The van der Waals surface area contributed by atoms with E-state index in [1.807, 2.05) is 18.7 Å². The third-order valence-corrected chi connectivity index (χ3v) is 2.15. The molecule has 0 aliphatic carbocycles. The topological polar surface area (TPSA) is 113 Å². The number of aliphatic hydroxyl groups excluding tert-OH is 1. The van der Waals surface area contributed by atoms with Gasteiger partial charge in [-0.15, -0.1) is 0 Å². The molecule has 0 aromatic carbocycles. The molecule has 0 rings (SSSR count). The van der Waals surface area contributed by atoms with Crippen LogP contribution in [-0.2, 0) is 0 Å². The molecule has 0 saturated heterocycles. The molecular formula is C11H17N5O3. The van der Waals surface area contributed by atoms with Gasteiger partial charge in [0.25, 0.3) is 0 Å². The number of nitrogens with zero attached hydrogens (tertiary/aromatic N) is 5. The molecule has 8 nitrogen and oxygen atoms in total. The molecule has 0 aromatic rings. The quantitative estimate of drug-likeness (QED) is 0.247. The van der Waals surface area contributed by atoms with E-state index in [1.54, 1.807) is 6.07 Å². The first-order valence-electron chi connectivity index (χ1n) is 5.58. The predicted molar refractivity (Wildman–Crippen MR) is 71.0 cm³/mol. The molecule has 0 saturated carbocycles. The molecule has 104 valence electrons. The Labute approximate surface area is 111 Å². The summed E-state index contributed by atoms with van der Waals surface area (Å²) in [4.78, 5) is 16.0. The van der Waals surface area contributed by atoms with Crippen molar-refractivity contribution < 1.29 is 15.0 Å². The van der Waals surface area contributed by atoms with Crippen LogP contribution in [0.25, 0.3) is 0 Å². The van der Waals surface area contributed by atoms with Crippen molar-refractivity contribution in [3.63, 3.8) is 0 Å². The van der Waals surface area contributed by atoms with Crippen molar-refractivity contribution >= 4 is 18.6 Å². The molecule has 2 N–H and O–H groups in total. The minimum atomic E-state index is -1.28. The number of carbonyl (C=O) groups is 1. The summed E-state index contributed by atoms with van der Waals surface area (Å²) in [5, 5.41) is 31.0. The molecule has 0 aliphatic rings. The van der Waals surface area contributed by atoms with E-state index in [9.17, 15) is 9.90 Å². The molecule has 0 atom stereocenters. The maximum Gasteiger partial charge on any atom is 0.427 e. The first kappa shape index (κ1) is 16.4. The number of allylic oxidation sites excluding steroid dienone is 1. The van der Waals surface area contributed by atoms with Crippen molar-refractivity contribution in [2.24, 2.45) is 10.1 Å². The second-order valence-electron chi connectivity index (χ2n) is 3.37. The van der Waals surface area contributed by atoms with Crippen LogP contribution in [0.5, 0.6) is 0 Å². The van der Waals surface area contributed by atoms with E-state index < -0.39 is 12.0 Å². The number of aliphatic imine (C=N–C) groups is 1. The van der Waals surface area contributed by atoms with Crippen molar-refractivity contribution in [1.82, 2.24) is 9.91 Å². The van der Waals surface area contributed by atoms with Gasteiger partial charge in [0.1, 0.15) is 11.6 Å². The Hall–Kier alpha value is -2.56. The van der Waals surface area contributed by atoms with Crippen molar-refractivity contribution in [2.45, 2.75) is 13.8 Å². The molecule has 0 fully saturated rings. The van der Waals surface area contributed by atoms with Gasteiger partial charge in [-0.25, -0.2) is 14.8 Å². The molecule has 0 heterocycles. The number of rotatable bonds is 6. The van der Waals surface area contributed by atoms with Gasteiger partial charge >= 0.3 is 6.09 Å². The Morgan fingerprint density at radius 2 is 1.95 bits per heavy atom. The lowest BCUT2D eigenvalue weighted by atomic mass is 10.3. The summed E-state index contributed by atoms with van der Waals surface area (Å²) in [6.07, 6.45) is 1.06. The van der Waals surface area contributed by atoms with Gasteiger partial charge in [0, 0.05) is 20.1 Å². The maximum atomic E-state index is 10.5. The summed E-state index contributed by atoms with van der Waals surface area (Å²) < 4.78 is 0. The van der Waals surface area contributed by atoms with Gasteiger partial charge in [-0.05, 0) is 13.8 Å². The van der Waals surface area contributed by atoms with Crippen LogP contribution in [0.4, 0.5) is 4.79 Å². The SMILES string of the molecule is CCN(C=NC(O)=C(C#N)C=NN(C)C(=O)O)CC. The van der Waals surface area contributed by atoms with Crippen LogP contribution in [0.2, 0.25) is 0 Å². The Balaban J connectivity index is 4.96. The fourth-order valence-corrected chi connectivity index (χ4v) is 0.923. The van der Waals surface area contributed by atoms with Crippen molar-refractivity contribution in [3.8, 4) is 6.07 Å². The van der Waals surface area contributed by atoms with Crippen molar-refractivity contribution in [2.75, 3.05) is 20.1 Å². The van der Waals surface area contributed by atoms with Crippen LogP contribution in [0, 0.1) is 11.3 Å². The molecule has 8 heteroatoms. The van der Waals surface area contributed by atoms with E-state index in [-0.39, 0.29) is 5.57 Å². The lowest BCUT2D eigenvalue weighted by Crippen LogP contribution is -2.20. The van der Waals surface area contributed by atoms with E-state index >= 15 is 0 Å². The Bertz CT molecular complexity index is 432. The van der Waals surface area contributed by atoms with Gasteiger partial charge in [-0.3, -0.25) is 0 Å².